The molecule has 0 saturated carbocycles. The van der Waals surface area contributed by atoms with Crippen LogP contribution in [-0.2, 0) is 4.79 Å². The van der Waals surface area contributed by atoms with E-state index in [1.807, 2.05) is 47.9 Å². The Hall–Kier alpha value is -3.58. The van der Waals surface area contributed by atoms with Gasteiger partial charge in [0.05, 0.1) is 5.52 Å². The van der Waals surface area contributed by atoms with Crippen molar-refractivity contribution in [3.63, 3.8) is 0 Å². The van der Waals surface area contributed by atoms with Crippen molar-refractivity contribution in [1.29, 1.82) is 0 Å². The number of fused-ring (bicyclic) bond motifs is 1. The number of benzene rings is 2. The van der Waals surface area contributed by atoms with Gasteiger partial charge in [0.2, 0.25) is 5.88 Å². The molecule has 0 spiro atoms. The Morgan fingerprint density at radius 3 is 2.48 bits per heavy atom. The van der Waals surface area contributed by atoms with Gasteiger partial charge in [0.15, 0.2) is 5.70 Å². The first-order valence-electron chi connectivity index (χ1n) is 7.41. The van der Waals surface area contributed by atoms with Crippen LogP contribution >= 0.6 is 0 Å². The molecule has 7 heteroatoms. The number of ether oxygens (including phenoxy) is 1. The summed E-state index contributed by atoms with van der Waals surface area (Å²) >= 11 is 0. The number of hydrazine groups is 1. The zero-order valence-corrected chi connectivity index (χ0v) is 13.1. The van der Waals surface area contributed by atoms with E-state index in [2.05, 4.69) is 4.98 Å². The second-order valence-corrected chi connectivity index (χ2v) is 5.23. The number of aromatic nitrogens is 1. The highest BCUT2D eigenvalue weighted by Gasteiger charge is 2.13. The highest BCUT2D eigenvalue weighted by atomic mass is 16.5. The maximum Gasteiger partial charge on any atom is 0.358 e. The van der Waals surface area contributed by atoms with Crippen LogP contribution in [0.2, 0.25) is 0 Å². The van der Waals surface area contributed by atoms with Gasteiger partial charge in [0, 0.05) is 11.6 Å². The zero-order chi connectivity index (χ0) is 17.8. The Labute approximate surface area is 143 Å². The lowest BCUT2D eigenvalue weighted by molar-refractivity contribution is -0.133. The largest absolute Gasteiger partial charge is 0.476 e. The predicted octanol–water partition coefficient (Wildman–Crippen LogP) is 1.96. The molecular formula is C18H16N4O3. The van der Waals surface area contributed by atoms with E-state index < -0.39 is 11.7 Å². The molecule has 0 unspecified atom stereocenters. The lowest BCUT2D eigenvalue weighted by atomic mass is 10.0. The van der Waals surface area contributed by atoms with E-state index in [0.717, 1.165) is 22.0 Å². The lowest BCUT2D eigenvalue weighted by Gasteiger charge is -2.10. The fraction of sp³-hybridized carbons (Fsp3) is 0. The van der Waals surface area contributed by atoms with Crippen molar-refractivity contribution < 1.29 is 14.6 Å². The molecule has 0 amide bonds. The number of nitrogens with zero attached hydrogens (tertiary/aromatic N) is 1. The van der Waals surface area contributed by atoms with E-state index in [1.165, 1.54) is 0 Å². The van der Waals surface area contributed by atoms with Crippen LogP contribution in [-0.4, -0.2) is 16.1 Å². The van der Waals surface area contributed by atoms with Crippen LogP contribution in [0.4, 0.5) is 0 Å². The minimum atomic E-state index is -1.31. The summed E-state index contributed by atoms with van der Waals surface area (Å²) in [6.45, 7) is 0. The first-order chi connectivity index (χ1) is 12.1. The number of pyridine rings is 1. The molecule has 25 heavy (non-hydrogen) atoms. The Morgan fingerprint density at radius 1 is 1.08 bits per heavy atom. The van der Waals surface area contributed by atoms with E-state index in [0.29, 0.717) is 5.75 Å². The van der Waals surface area contributed by atoms with E-state index in [-0.39, 0.29) is 5.88 Å². The lowest BCUT2D eigenvalue weighted by Crippen LogP contribution is -2.31. The smallest absolute Gasteiger partial charge is 0.358 e. The molecule has 0 atom stereocenters. The number of hydrogen-bond acceptors (Lipinski definition) is 6. The van der Waals surface area contributed by atoms with Crippen molar-refractivity contribution in [3.05, 3.63) is 72.4 Å². The normalized spacial score (nSPS) is 11.7. The molecule has 0 fully saturated rings. The van der Waals surface area contributed by atoms with Crippen molar-refractivity contribution >= 4 is 16.9 Å². The number of nitrogens with two attached hydrogens (primary N) is 2. The maximum absolute atomic E-state index is 10.9. The molecule has 0 aliphatic carbocycles. The summed E-state index contributed by atoms with van der Waals surface area (Å²) in [4.78, 5) is 15.3. The Bertz CT molecular complexity index is 952. The maximum atomic E-state index is 10.9. The van der Waals surface area contributed by atoms with Gasteiger partial charge in [0.25, 0.3) is 0 Å². The minimum absolute atomic E-state index is 0.322. The van der Waals surface area contributed by atoms with Gasteiger partial charge in [-0.1, -0.05) is 30.3 Å². The van der Waals surface area contributed by atoms with Crippen molar-refractivity contribution in [2.75, 3.05) is 0 Å². The van der Waals surface area contributed by atoms with Crippen molar-refractivity contribution in [1.82, 2.24) is 10.4 Å². The quantitative estimate of drug-likeness (QED) is 0.243. The van der Waals surface area contributed by atoms with E-state index >= 15 is 0 Å². The predicted molar refractivity (Wildman–Crippen MR) is 94.0 cm³/mol. The second-order valence-electron chi connectivity index (χ2n) is 5.23. The van der Waals surface area contributed by atoms with Crippen LogP contribution in [0.25, 0.3) is 22.0 Å². The summed E-state index contributed by atoms with van der Waals surface area (Å²) in [5, 5.41) is 10.0. The van der Waals surface area contributed by atoms with Crippen LogP contribution in [0.5, 0.6) is 5.75 Å². The third-order valence-corrected chi connectivity index (χ3v) is 3.63. The van der Waals surface area contributed by atoms with Crippen LogP contribution < -0.4 is 21.7 Å². The minimum Gasteiger partial charge on any atom is -0.476 e. The molecule has 6 N–H and O–H groups in total. The SMILES string of the molecule is NN/C(C(=O)O)=C(\N)Oc1ccc(-c2ccc3cccnc3c2)cc1. The van der Waals surface area contributed by atoms with Gasteiger partial charge in [-0.25, -0.2) is 4.79 Å². The van der Waals surface area contributed by atoms with Crippen molar-refractivity contribution in [2.45, 2.75) is 0 Å². The van der Waals surface area contributed by atoms with Crippen molar-refractivity contribution in [3.8, 4) is 16.9 Å². The first-order valence-corrected chi connectivity index (χ1v) is 7.41. The molecule has 0 aliphatic rings. The molecule has 7 nitrogen and oxygen atoms in total. The summed E-state index contributed by atoms with van der Waals surface area (Å²) < 4.78 is 5.31. The molecule has 2 aromatic carbocycles. The topological polar surface area (TPSA) is 123 Å². The van der Waals surface area contributed by atoms with Gasteiger partial charge < -0.3 is 21.0 Å². The van der Waals surface area contributed by atoms with Gasteiger partial charge in [-0.2, -0.15) is 0 Å². The Morgan fingerprint density at radius 2 is 1.80 bits per heavy atom. The molecule has 0 aliphatic heterocycles. The van der Waals surface area contributed by atoms with E-state index in [4.69, 9.17) is 21.4 Å². The summed E-state index contributed by atoms with van der Waals surface area (Å²) in [6.07, 6.45) is 1.75. The third kappa shape index (κ3) is 3.51. The van der Waals surface area contributed by atoms with Gasteiger partial charge in [-0.3, -0.25) is 10.8 Å². The Balaban J connectivity index is 1.85. The number of nitrogens with one attached hydrogen (secondary N) is 1. The standard InChI is InChI=1S/C18H16N4O3/c19-17(16(22-20)18(23)24)25-14-7-5-11(6-8-14)13-4-3-12-2-1-9-21-15(12)10-13/h1-10,22H,19-20H2,(H,23,24)/b17-16+. The molecule has 126 valence electrons. The Kier molecular flexibility index (Phi) is 4.49. The summed E-state index contributed by atoms with van der Waals surface area (Å²) in [5.74, 6) is 3.89. The van der Waals surface area contributed by atoms with Gasteiger partial charge in [-0.15, -0.1) is 0 Å². The fourth-order valence-corrected chi connectivity index (χ4v) is 2.38. The number of carboxylic acids is 1. The molecule has 0 bridgehead atoms. The molecule has 3 rings (SSSR count). The first kappa shape index (κ1) is 16.3. The third-order valence-electron chi connectivity index (χ3n) is 3.63. The molecule has 3 aromatic rings. The van der Waals surface area contributed by atoms with E-state index in [1.54, 1.807) is 18.3 Å². The monoisotopic (exact) mass is 336 g/mol. The van der Waals surface area contributed by atoms with Crippen LogP contribution in [0.3, 0.4) is 0 Å². The molecule has 0 saturated heterocycles. The highest BCUT2D eigenvalue weighted by Crippen LogP contribution is 2.25. The second kappa shape index (κ2) is 6.90. The number of rotatable bonds is 5. The van der Waals surface area contributed by atoms with Crippen LogP contribution in [0.1, 0.15) is 0 Å². The number of aliphatic carboxylic acids is 1. The molecule has 1 heterocycles. The number of carboxylic acid groups (broad SMARTS) is 1. The zero-order valence-electron chi connectivity index (χ0n) is 13.1. The molecule has 0 radical (unpaired) electrons. The van der Waals surface area contributed by atoms with Crippen LogP contribution in [0.15, 0.2) is 72.4 Å². The van der Waals surface area contributed by atoms with Gasteiger partial charge >= 0.3 is 5.97 Å². The van der Waals surface area contributed by atoms with E-state index in [9.17, 15) is 4.79 Å². The number of carbonyl (C=O) groups is 1. The number of hydrogen-bond donors (Lipinski definition) is 4. The summed E-state index contributed by atoms with van der Waals surface area (Å²) in [7, 11) is 0. The van der Waals surface area contributed by atoms with Gasteiger partial charge in [-0.05, 0) is 35.4 Å². The highest BCUT2D eigenvalue weighted by molar-refractivity contribution is 5.86. The van der Waals surface area contributed by atoms with Crippen LogP contribution in [0, 0.1) is 0 Å². The average molecular weight is 336 g/mol. The summed E-state index contributed by atoms with van der Waals surface area (Å²) in [5.41, 5.74) is 10.1. The average Bonchev–Trinajstić information content (AvgIpc) is 2.62. The van der Waals surface area contributed by atoms with Gasteiger partial charge in [0.1, 0.15) is 5.75 Å². The molecule has 1 aromatic heterocycles. The van der Waals surface area contributed by atoms with Crippen molar-refractivity contribution in [2.24, 2.45) is 11.6 Å². The fourth-order valence-electron chi connectivity index (χ4n) is 2.38. The summed E-state index contributed by atoms with van der Waals surface area (Å²) in [6, 6.07) is 17.0. The molecular weight excluding hydrogens is 320 g/mol.